The number of nitrogens with one attached hydrogen (secondary N) is 2. The fourth-order valence-electron chi connectivity index (χ4n) is 3.40. The van der Waals surface area contributed by atoms with Gasteiger partial charge in [-0.05, 0) is 54.1 Å². The Hall–Kier alpha value is -2.67. The summed E-state index contributed by atoms with van der Waals surface area (Å²) >= 11 is 1.60. The molecule has 5 nitrogen and oxygen atoms in total. The largest absolute Gasteiger partial charge is 0.353 e. The highest BCUT2D eigenvalue weighted by molar-refractivity contribution is 7.10. The van der Waals surface area contributed by atoms with Crippen LogP contribution in [0.25, 0.3) is 11.3 Å². The van der Waals surface area contributed by atoms with E-state index in [0.29, 0.717) is 6.42 Å². The van der Waals surface area contributed by atoms with Gasteiger partial charge in [-0.1, -0.05) is 6.07 Å². The van der Waals surface area contributed by atoms with E-state index < -0.39 is 0 Å². The van der Waals surface area contributed by atoms with E-state index in [1.807, 2.05) is 23.6 Å². The van der Waals surface area contributed by atoms with Crippen molar-refractivity contribution in [3.8, 4) is 11.3 Å². The van der Waals surface area contributed by atoms with Gasteiger partial charge in [-0.3, -0.25) is 9.89 Å². The summed E-state index contributed by atoms with van der Waals surface area (Å²) in [6, 6.07) is 12.4. The molecule has 0 spiro atoms. The van der Waals surface area contributed by atoms with E-state index in [-0.39, 0.29) is 17.8 Å². The number of amides is 1. The molecular formula is C20H21FN4OS. The first-order valence-electron chi connectivity index (χ1n) is 9.05. The molecule has 2 aromatic heterocycles. The van der Waals surface area contributed by atoms with Crippen molar-refractivity contribution in [2.75, 3.05) is 18.0 Å². The normalized spacial score (nSPS) is 17.1. The maximum Gasteiger partial charge on any atom is 0.225 e. The first-order chi connectivity index (χ1) is 13.2. The van der Waals surface area contributed by atoms with Gasteiger partial charge in [-0.25, -0.2) is 4.39 Å². The van der Waals surface area contributed by atoms with Crippen molar-refractivity contribution in [1.29, 1.82) is 0 Å². The summed E-state index contributed by atoms with van der Waals surface area (Å²) in [6.45, 7) is 1.65. The van der Waals surface area contributed by atoms with Gasteiger partial charge in [0.15, 0.2) is 5.82 Å². The van der Waals surface area contributed by atoms with Gasteiger partial charge < -0.3 is 10.2 Å². The first kappa shape index (κ1) is 17.7. The standard InChI is InChI=1S/C20H21FN4OS/c21-15-7-5-14(6-8-15)18-12-19(24-23-18)25-9-1-3-16(13-25)22-20(26)11-17-4-2-10-27-17/h2,4-8,10,12,16H,1,3,9,11,13H2,(H,22,26)(H,23,24)/t16-/m1/s1. The van der Waals surface area contributed by atoms with Crippen LogP contribution in [0.2, 0.25) is 0 Å². The van der Waals surface area contributed by atoms with E-state index in [1.54, 1.807) is 23.5 Å². The van der Waals surface area contributed by atoms with Crippen LogP contribution in [-0.4, -0.2) is 35.2 Å². The summed E-state index contributed by atoms with van der Waals surface area (Å²) in [5, 5.41) is 12.6. The highest BCUT2D eigenvalue weighted by Gasteiger charge is 2.23. The molecule has 7 heteroatoms. The number of halogens is 1. The summed E-state index contributed by atoms with van der Waals surface area (Å²) in [6.07, 6.45) is 2.41. The van der Waals surface area contributed by atoms with Crippen LogP contribution in [0.4, 0.5) is 10.2 Å². The number of thiophene rings is 1. The molecule has 1 fully saturated rings. The molecule has 0 bridgehead atoms. The van der Waals surface area contributed by atoms with E-state index in [4.69, 9.17) is 0 Å². The Labute approximate surface area is 161 Å². The second-order valence-corrected chi connectivity index (χ2v) is 7.79. The molecule has 140 valence electrons. The van der Waals surface area contributed by atoms with Crippen LogP contribution in [0.15, 0.2) is 47.8 Å². The van der Waals surface area contributed by atoms with Crippen LogP contribution in [0, 0.1) is 5.82 Å². The van der Waals surface area contributed by atoms with Crippen molar-refractivity contribution in [2.24, 2.45) is 0 Å². The molecule has 1 amide bonds. The van der Waals surface area contributed by atoms with Crippen LogP contribution in [-0.2, 0) is 11.2 Å². The molecule has 1 saturated heterocycles. The van der Waals surface area contributed by atoms with Gasteiger partial charge in [0.25, 0.3) is 0 Å². The molecule has 0 unspecified atom stereocenters. The van der Waals surface area contributed by atoms with Crippen LogP contribution in [0.3, 0.4) is 0 Å². The van der Waals surface area contributed by atoms with Crippen molar-refractivity contribution in [3.05, 3.63) is 58.5 Å². The number of H-pyrrole nitrogens is 1. The van der Waals surface area contributed by atoms with Crippen LogP contribution >= 0.6 is 11.3 Å². The lowest BCUT2D eigenvalue weighted by Gasteiger charge is -2.33. The molecule has 4 rings (SSSR count). The van der Waals surface area contributed by atoms with E-state index in [0.717, 1.165) is 47.9 Å². The number of nitrogens with zero attached hydrogens (tertiary/aromatic N) is 2. The summed E-state index contributed by atoms with van der Waals surface area (Å²) in [4.78, 5) is 15.5. The number of anilines is 1. The van der Waals surface area contributed by atoms with Crippen molar-refractivity contribution >= 4 is 23.1 Å². The molecule has 27 heavy (non-hydrogen) atoms. The van der Waals surface area contributed by atoms with Gasteiger partial charge in [0.2, 0.25) is 5.91 Å². The fourth-order valence-corrected chi connectivity index (χ4v) is 4.11. The monoisotopic (exact) mass is 384 g/mol. The molecule has 1 aromatic carbocycles. The Morgan fingerprint density at radius 3 is 2.96 bits per heavy atom. The Morgan fingerprint density at radius 1 is 1.33 bits per heavy atom. The number of carbonyl (C=O) groups is 1. The van der Waals surface area contributed by atoms with Crippen LogP contribution in [0.1, 0.15) is 17.7 Å². The van der Waals surface area contributed by atoms with E-state index in [9.17, 15) is 9.18 Å². The van der Waals surface area contributed by atoms with Crippen LogP contribution < -0.4 is 10.2 Å². The lowest BCUT2D eigenvalue weighted by Crippen LogP contribution is -2.48. The minimum absolute atomic E-state index is 0.0679. The molecule has 1 aliphatic heterocycles. The molecule has 3 heterocycles. The number of aromatic nitrogens is 2. The molecular weight excluding hydrogens is 363 g/mol. The van der Waals surface area contributed by atoms with Crippen molar-refractivity contribution in [2.45, 2.75) is 25.3 Å². The Bertz CT molecular complexity index is 891. The highest BCUT2D eigenvalue weighted by Crippen LogP contribution is 2.24. The number of benzene rings is 1. The zero-order valence-electron chi connectivity index (χ0n) is 14.8. The van der Waals surface area contributed by atoms with Crippen molar-refractivity contribution in [1.82, 2.24) is 15.5 Å². The summed E-state index contributed by atoms with van der Waals surface area (Å²) in [5.74, 6) is 0.667. The molecule has 0 radical (unpaired) electrons. The maximum absolute atomic E-state index is 13.1. The zero-order valence-corrected chi connectivity index (χ0v) is 15.6. The summed E-state index contributed by atoms with van der Waals surface area (Å²) in [7, 11) is 0. The summed E-state index contributed by atoms with van der Waals surface area (Å²) in [5.41, 5.74) is 1.75. The molecule has 1 atom stereocenters. The maximum atomic E-state index is 13.1. The minimum Gasteiger partial charge on any atom is -0.353 e. The lowest BCUT2D eigenvalue weighted by molar-refractivity contribution is -0.121. The zero-order chi connectivity index (χ0) is 18.6. The highest BCUT2D eigenvalue weighted by atomic mass is 32.1. The second kappa shape index (κ2) is 7.92. The smallest absolute Gasteiger partial charge is 0.225 e. The number of piperidine rings is 1. The molecule has 3 aromatic rings. The third-order valence-corrected chi connectivity index (χ3v) is 5.62. The number of hydrogen-bond acceptors (Lipinski definition) is 4. The van der Waals surface area contributed by atoms with E-state index >= 15 is 0 Å². The van der Waals surface area contributed by atoms with Gasteiger partial charge in [-0.15, -0.1) is 11.3 Å². The third kappa shape index (κ3) is 4.36. The van der Waals surface area contributed by atoms with Crippen molar-refractivity contribution < 1.29 is 9.18 Å². The predicted octanol–water partition coefficient (Wildman–Crippen LogP) is 3.61. The minimum atomic E-state index is -0.254. The topological polar surface area (TPSA) is 61.0 Å². The first-order valence-corrected chi connectivity index (χ1v) is 9.93. The molecule has 2 N–H and O–H groups in total. The Morgan fingerprint density at radius 2 is 2.19 bits per heavy atom. The van der Waals surface area contributed by atoms with Crippen molar-refractivity contribution in [3.63, 3.8) is 0 Å². The predicted molar refractivity (Wildman–Crippen MR) is 105 cm³/mol. The van der Waals surface area contributed by atoms with Gasteiger partial charge in [0, 0.05) is 30.1 Å². The van der Waals surface area contributed by atoms with E-state index in [2.05, 4.69) is 20.4 Å². The SMILES string of the molecule is O=C(Cc1cccs1)N[C@@H]1CCCN(c2cc(-c3ccc(F)cc3)[nH]n2)C1. The van der Waals surface area contributed by atoms with Gasteiger partial charge in [0.1, 0.15) is 5.82 Å². The number of hydrogen-bond donors (Lipinski definition) is 2. The lowest BCUT2D eigenvalue weighted by atomic mass is 10.1. The molecule has 1 aliphatic rings. The molecule has 0 aliphatic carbocycles. The van der Waals surface area contributed by atoms with Gasteiger partial charge >= 0.3 is 0 Å². The summed E-state index contributed by atoms with van der Waals surface area (Å²) < 4.78 is 13.1. The number of rotatable bonds is 5. The number of carbonyl (C=O) groups excluding carboxylic acids is 1. The van der Waals surface area contributed by atoms with Crippen LogP contribution in [0.5, 0.6) is 0 Å². The quantitative estimate of drug-likeness (QED) is 0.707. The van der Waals surface area contributed by atoms with Gasteiger partial charge in [0.05, 0.1) is 12.1 Å². The molecule has 0 saturated carbocycles. The van der Waals surface area contributed by atoms with Gasteiger partial charge in [-0.2, -0.15) is 5.10 Å². The average Bonchev–Trinajstić information content (AvgIpc) is 3.34. The van der Waals surface area contributed by atoms with E-state index in [1.165, 1.54) is 12.1 Å². The average molecular weight is 384 g/mol. The number of aromatic amines is 1. The Balaban J connectivity index is 1.38. The fraction of sp³-hybridized carbons (Fsp3) is 0.300. The Kier molecular flexibility index (Phi) is 5.20. The third-order valence-electron chi connectivity index (χ3n) is 4.74. The second-order valence-electron chi connectivity index (χ2n) is 6.76.